The highest BCUT2D eigenvalue weighted by atomic mass is 16.5. The van der Waals surface area contributed by atoms with Crippen molar-refractivity contribution in [1.29, 1.82) is 0 Å². The quantitative estimate of drug-likeness (QED) is 0.306. The summed E-state index contributed by atoms with van der Waals surface area (Å²) in [4.78, 5) is 32.2. The number of nitrogens with one attached hydrogen (secondary N) is 1. The first-order valence-electron chi connectivity index (χ1n) is 11.9. The molecule has 0 atom stereocenters. The van der Waals surface area contributed by atoms with Gasteiger partial charge in [0.2, 0.25) is 5.91 Å². The average Bonchev–Trinajstić information content (AvgIpc) is 2.96. The number of hydrogen-bond donors (Lipinski definition) is 1. The summed E-state index contributed by atoms with van der Waals surface area (Å²) in [6, 6.07) is 35.5. The van der Waals surface area contributed by atoms with Gasteiger partial charge in [-0.05, 0) is 23.8 Å². The minimum absolute atomic E-state index is 0.125. The van der Waals surface area contributed by atoms with Crippen molar-refractivity contribution in [2.45, 2.75) is 6.42 Å². The number of hydrogen-bond acceptors (Lipinski definition) is 4. The van der Waals surface area contributed by atoms with Gasteiger partial charge in [-0.3, -0.25) is 15.0 Å². The van der Waals surface area contributed by atoms with Crippen LogP contribution in [-0.4, -0.2) is 23.9 Å². The number of anilines is 1. The molecule has 5 rings (SSSR count). The van der Waals surface area contributed by atoms with E-state index in [0.29, 0.717) is 33.6 Å². The van der Waals surface area contributed by atoms with Gasteiger partial charge in [0.25, 0.3) is 5.91 Å². The van der Waals surface area contributed by atoms with Gasteiger partial charge < -0.3 is 4.74 Å². The highest BCUT2D eigenvalue weighted by Gasteiger charge is 2.26. The number of benzene rings is 4. The number of amides is 2. The first-order valence-corrected chi connectivity index (χ1v) is 11.9. The van der Waals surface area contributed by atoms with E-state index in [1.165, 1.54) is 12.1 Å². The van der Waals surface area contributed by atoms with Gasteiger partial charge in [-0.25, -0.2) is 9.99 Å². The van der Waals surface area contributed by atoms with E-state index in [4.69, 9.17) is 9.72 Å². The molecule has 6 nitrogen and oxygen atoms in total. The summed E-state index contributed by atoms with van der Waals surface area (Å²) in [6.45, 7) is 0. The van der Waals surface area contributed by atoms with Gasteiger partial charge in [0, 0.05) is 10.9 Å². The largest absolute Gasteiger partial charge is 0.494 e. The minimum atomic E-state index is -0.474. The van der Waals surface area contributed by atoms with Crippen LogP contribution in [0.1, 0.15) is 15.9 Å². The van der Waals surface area contributed by atoms with E-state index in [9.17, 15) is 9.59 Å². The lowest BCUT2D eigenvalue weighted by Gasteiger charge is -2.25. The van der Waals surface area contributed by atoms with Crippen molar-refractivity contribution in [3.8, 4) is 17.0 Å². The van der Waals surface area contributed by atoms with Crippen LogP contribution in [0, 0.1) is 0 Å². The zero-order valence-electron chi connectivity index (χ0n) is 20.3. The van der Waals surface area contributed by atoms with Gasteiger partial charge in [-0.2, -0.15) is 0 Å². The zero-order chi connectivity index (χ0) is 25.6. The highest BCUT2D eigenvalue weighted by Crippen LogP contribution is 2.36. The molecule has 0 radical (unpaired) electrons. The van der Waals surface area contributed by atoms with E-state index in [1.54, 1.807) is 12.1 Å². The number of methoxy groups -OCH3 is 1. The third kappa shape index (κ3) is 5.04. The van der Waals surface area contributed by atoms with Crippen LogP contribution < -0.4 is 15.2 Å². The summed E-state index contributed by atoms with van der Waals surface area (Å²) in [5.41, 5.74) is 6.58. The molecule has 2 amide bonds. The summed E-state index contributed by atoms with van der Waals surface area (Å²) < 4.78 is 5.78. The highest BCUT2D eigenvalue weighted by molar-refractivity contribution is 6.12. The number of carbonyl (C=O) groups excluding carboxylic acids is 2. The number of ether oxygens (including phenoxy) is 1. The van der Waals surface area contributed by atoms with Gasteiger partial charge in [-0.15, -0.1) is 0 Å². The Morgan fingerprint density at radius 1 is 0.784 bits per heavy atom. The second-order valence-electron chi connectivity index (χ2n) is 8.42. The third-order valence-corrected chi connectivity index (χ3v) is 6.00. The zero-order valence-corrected chi connectivity index (χ0v) is 20.3. The number of nitrogens with zero attached hydrogens (tertiary/aromatic N) is 2. The average molecular weight is 488 g/mol. The van der Waals surface area contributed by atoms with E-state index < -0.39 is 5.91 Å². The molecule has 1 heterocycles. The summed E-state index contributed by atoms with van der Waals surface area (Å²) in [5.74, 6) is -0.407. The Morgan fingerprint density at radius 3 is 2.05 bits per heavy atom. The van der Waals surface area contributed by atoms with Crippen LogP contribution in [0.5, 0.6) is 5.75 Å². The number of hydrazine groups is 1. The van der Waals surface area contributed by atoms with Crippen molar-refractivity contribution in [3.63, 3.8) is 0 Å². The van der Waals surface area contributed by atoms with Crippen LogP contribution in [0.15, 0.2) is 115 Å². The summed E-state index contributed by atoms with van der Waals surface area (Å²) in [5, 5.41) is 1.92. The van der Waals surface area contributed by atoms with Crippen LogP contribution >= 0.6 is 0 Å². The Bertz CT molecular complexity index is 1540. The smallest absolute Gasteiger partial charge is 0.274 e. The predicted octanol–water partition coefficient (Wildman–Crippen LogP) is 5.83. The molecular weight excluding hydrogens is 462 g/mol. The monoisotopic (exact) mass is 487 g/mol. The van der Waals surface area contributed by atoms with E-state index >= 15 is 0 Å². The molecule has 0 saturated carbocycles. The van der Waals surface area contributed by atoms with Crippen molar-refractivity contribution in [3.05, 3.63) is 126 Å². The normalized spacial score (nSPS) is 10.6. The lowest BCUT2D eigenvalue weighted by atomic mass is 10.0. The van der Waals surface area contributed by atoms with Crippen LogP contribution in [0.25, 0.3) is 22.2 Å². The van der Waals surface area contributed by atoms with E-state index in [0.717, 1.165) is 11.1 Å². The standard InChI is InChI=1S/C31H25N3O3/c1-37-30-28(25-19-11-12-20-26(25)32-29(30)23-15-7-3-8-16-23)31(36)33-34(24-17-9-4-10-18-24)27(35)21-22-13-5-2-6-14-22/h2-20H,21H2,1H3,(H,33,36). The Labute approximate surface area is 215 Å². The molecule has 1 aromatic heterocycles. The molecule has 4 aromatic carbocycles. The van der Waals surface area contributed by atoms with Crippen molar-refractivity contribution in [1.82, 2.24) is 10.4 Å². The van der Waals surface area contributed by atoms with E-state index in [-0.39, 0.29) is 12.3 Å². The fraction of sp³-hybridized carbons (Fsp3) is 0.0645. The first-order chi connectivity index (χ1) is 18.2. The van der Waals surface area contributed by atoms with Crippen molar-refractivity contribution >= 4 is 28.4 Å². The molecule has 0 aliphatic rings. The van der Waals surface area contributed by atoms with E-state index in [1.807, 2.05) is 103 Å². The number of rotatable bonds is 6. The molecule has 0 bridgehead atoms. The number of aromatic nitrogens is 1. The second kappa shape index (κ2) is 10.7. The number of carbonyl (C=O) groups is 2. The molecule has 182 valence electrons. The lowest BCUT2D eigenvalue weighted by Crippen LogP contribution is -2.47. The van der Waals surface area contributed by atoms with Crippen molar-refractivity contribution in [2.75, 3.05) is 12.1 Å². The summed E-state index contributed by atoms with van der Waals surface area (Å²) >= 11 is 0. The van der Waals surface area contributed by atoms with Gasteiger partial charge in [0.05, 0.1) is 30.3 Å². The Morgan fingerprint density at radius 2 is 1.38 bits per heavy atom. The Kier molecular flexibility index (Phi) is 6.90. The summed E-state index contributed by atoms with van der Waals surface area (Å²) in [7, 11) is 1.52. The topological polar surface area (TPSA) is 71.5 Å². The maximum atomic E-state index is 13.9. The molecule has 1 N–H and O–H groups in total. The number of fused-ring (bicyclic) bond motifs is 1. The van der Waals surface area contributed by atoms with Crippen molar-refractivity contribution < 1.29 is 14.3 Å². The van der Waals surface area contributed by atoms with Crippen LogP contribution in [0.4, 0.5) is 5.69 Å². The van der Waals surface area contributed by atoms with Gasteiger partial charge in [0.1, 0.15) is 5.69 Å². The maximum Gasteiger partial charge on any atom is 0.274 e. The molecule has 0 aliphatic heterocycles. The fourth-order valence-electron chi connectivity index (χ4n) is 4.27. The lowest BCUT2D eigenvalue weighted by molar-refractivity contribution is -0.118. The molecule has 6 heteroatoms. The molecule has 0 fully saturated rings. The van der Waals surface area contributed by atoms with Crippen LogP contribution in [0.2, 0.25) is 0 Å². The maximum absolute atomic E-state index is 13.9. The first kappa shape index (κ1) is 23.8. The predicted molar refractivity (Wildman–Crippen MR) is 145 cm³/mol. The third-order valence-electron chi connectivity index (χ3n) is 6.00. The number of para-hydroxylation sites is 2. The van der Waals surface area contributed by atoms with Gasteiger partial charge in [0.15, 0.2) is 5.75 Å². The summed E-state index contributed by atoms with van der Waals surface area (Å²) in [6.07, 6.45) is 0.125. The SMILES string of the molecule is COc1c(-c2ccccc2)nc2ccccc2c1C(=O)NN(C(=O)Cc1ccccc1)c1ccccc1. The number of pyridine rings is 1. The minimum Gasteiger partial charge on any atom is -0.494 e. The fourth-order valence-corrected chi connectivity index (χ4v) is 4.27. The van der Waals surface area contributed by atoms with E-state index in [2.05, 4.69) is 5.43 Å². The van der Waals surface area contributed by atoms with Crippen LogP contribution in [0.3, 0.4) is 0 Å². The van der Waals surface area contributed by atoms with Crippen molar-refractivity contribution in [2.24, 2.45) is 0 Å². The molecule has 5 aromatic rings. The molecule has 0 spiro atoms. The molecule has 0 unspecified atom stereocenters. The molecular formula is C31H25N3O3. The van der Waals surface area contributed by atoms with Crippen LogP contribution in [-0.2, 0) is 11.2 Å². The Balaban J connectivity index is 1.59. The Hall–Kier alpha value is -4.97. The molecule has 0 aliphatic carbocycles. The molecule has 37 heavy (non-hydrogen) atoms. The van der Waals surface area contributed by atoms with Gasteiger partial charge in [-0.1, -0.05) is 97.1 Å². The van der Waals surface area contributed by atoms with Gasteiger partial charge >= 0.3 is 0 Å². The second-order valence-corrected chi connectivity index (χ2v) is 8.42. The molecule has 0 saturated heterocycles.